The van der Waals surface area contributed by atoms with Gasteiger partial charge in [0, 0.05) is 6.04 Å². The van der Waals surface area contributed by atoms with E-state index in [1.165, 1.54) is 0 Å². The van der Waals surface area contributed by atoms with Gasteiger partial charge in [-0.15, -0.1) is 0 Å². The molecule has 0 aliphatic carbocycles. The van der Waals surface area contributed by atoms with Crippen molar-refractivity contribution in [3.63, 3.8) is 0 Å². The largest absolute Gasteiger partial charge is 0.493 e. The molecule has 0 saturated carbocycles. The number of hydrogen-bond donors (Lipinski definition) is 2. The van der Waals surface area contributed by atoms with Crippen LogP contribution in [-0.4, -0.2) is 25.1 Å². The monoisotopic (exact) mass is 304 g/mol. The molecule has 4 nitrogen and oxygen atoms in total. The van der Waals surface area contributed by atoms with Gasteiger partial charge in [0.25, 0.3) is 5.91 Å². The topological polar surface area (TPSA) is 64.3 Å². The van der Waals surface area contributed by atoms with E-state index in [1.807, 2.05) is 13.8 Å². The summed E-state index contributed by atoms with van der Waals surface area (Å²) in [4.78, 5) is 11.2. The normalized spacial score (nSPS) is 11.7. The zero-order valence-corrected chi connectivity index (χ0v) is 12.0. The summed E-state index contributed by atoms with van der Waals surface area (Å²) in [5.41, 5.74) is 3.91. The number of halogens is 3. The number of alkyl halides is 3. The van der Waals surface area contributed by atoms with Gasteiger partial charge in [-0.3, -0.25) is 4.79 Å². The highest BCUT2D eigenvalue weighted by Gasteiger charge is 2.31. The van der Waals surface area contributed by atoms with Crippen LogP contribution in [0.1, 0.15) is 36.2 Å². The van der Waals surface area contributed by atoms with Crippen LogP contribution in [0.2, 0.25) is 0 Å². The van der Waals surface area contributed by atoms with Gasteiger partial charge in [0.2, 0.25) is 0 Å². The van der Waals surface area contributed by atoms with Crippen molar-refractivity contribution >= 4 is 5.91 Å². The van der Waals surface area contributed by atoms with Crippen molar-refractivity contribution in [2.45, 2.75) is 32.5 Å². The highest BCUT2D eigenvalue weighted by atomic mass is 19.4. The third kappa shape index (κ3) is 5.63. The molecule has 118 valence electrons. The van der Waals surface area contributed by atoms with Crippen LogP contribution in [-0.2, 0) is 6.18 Å². The lowest BCUT2D eigenvalue weighted by atomic mass is 10.1. The SMILES string of the molecule is CC(C)NCCCOc1ccc(C(F)(F)F)cc1C(N)=O. The molecule has 0 aromatic heterocycles. The minimum absolute atomic E-state index is 0.0695. The maximum absolute atomic E-state index is 12.6. The van der Waals surface area contributed by atoms with Gasteiger partial charge in [0.1, 0.15) is 5.75 Å². The third-order valence-corrected chi connectivity index (χ3v) is 2.70. The Hall–Kier alpha value is -1.76. The fourth-order valence-electron chi connectivity index (χ4n) is 1.67. The molecule has 1 aromatic rings. The second-order valence-electron chi connectivity index (χ2n) is 4.88. The molecule has 21 heavy (non-hydrogen) atoms. The summed E-state index contributed by atoms with van der Waals surface area (Å²) in [6.07, 6.45) is -3.86. The van der Waals surface area contributed by atoms with E-state index in [0.29, 0.717) is 25.1 Å². The maximum atomic E-state index is 12.6. The van der Waals surface area contributed by atoms with Gasteiger partial charge >= 0.3 is 6.18 Å². The Labute approximate surface area is 121 Å². The molecule has 0 aliphatic rings. The van der Waals surface area contributed by atoms with Gasteiger partial charge in [-0.25, -0.2) is 0 Å². The first-order valence-corrected chi connectivity index (χ1v) is 6.59. The number of amides is 1. The number of carbonyl (C=O) groups is 1. The highest BCUT2D eigenvalue weighted by Crippen LogP contribution is 2.32. The molecule has 7 heteroatoms. The van der Waals surface area contributed by atoms with E-state index in [0.717, 1.165) is 12.1 Å². The minimum atomic E-state index is -4.52. The van der Waals surface area contributed by atoms with Crippen LogP contribution in [0.5, 0.6) is 5.75 Å². The van der Waals surface area contributed by atoms with Crippen LogP contribution >= 0.6 is 0 Å². The van der Waals surface area contributed by atoms with E-state index >= 15 is 0 Å². The predicted octanol–water partition coefficient (Wildman–Crippen LogP) is 2.57. The van der Waals surface area contributed by atoms with Crippen molar-refractivity contribution in [2.75, 3.05) is 13.2 Å². The van der Waals surface area contributed by atoms with Gasteiger partial charge < -0.3 is 15.8 Å². The van der Waals surface area contributed by atoms with Crippen molar-refractivity contribution in [1.82, 2.24) is 5.32 Å². The zero-order valence-electron chi connectivity index (χ0n) is 12.0. The third-order valence-electron chi connectivity index (χ3n) is 2.70. The number of hydrogen-bond acceptors (Lipinski definition) is 3. The van der Waals surface area contributed by atoms with Gasteiger partial charge in [0.05, 0.1) is 17.7 Å². The smallest absolute Gasteiger partial charge is 0.416 e. The highest BCUT2D eigenvalue weighted by molar-refractivity contribution is 5.95. The van der Waals surface area contributed by atoms with E-state index in [1.54, 1.807) is 0 Å². The molecule has 0 heterocycles. The van der Waals surface area contributed by atoms with Gasteiger partial charge in [-0.05, 0) is 31.2 Å². The first-order valence-electron chi connectivity index (χ1n) is 6.59. The van der Waals surface area contributed by atoms with Crippen molar-refractivity contribution in [2.24, 2.45) is 5.73 Å². The average Bonchev–Trinajstić information content (AvgIpc) is 2.36. The Bertz CT molecular complexity index is 488. The Morgan fingerprint density at radius 3 is 2.57 bits per heavy atom. The lowest BCUT2D eigenvalue weighted by molar-refractivity contribution is -0.137. The molecule has 0 spiro atoms. The molecule has 1 rings (SSSR count). The molecule has 0 saturated heterocycles. The second-order valence-corrected chi connectivity index (χ2v) is 4.88. The number of nitrogens with two attached hydrogens (primary N) is 1. The van der Waals surface area contributed by atoms with Crippen LogP contribution < -0.4 is 15.8 Å². The number of benzene rings is 1. The predicted molar refractivity (Wildman–Crippen MR) is 73.2 cm³/mol. The molecule has 0 bridgehead atoms. The Morgan fingerprint density at radius 2 is 2.05 bits per heavy atom. The Kier molecular flexibility index (Phi) is 6.02. The summed E-state index contributed by atoms with van der Waals surface area (Å²) >= 11 is 0. The lowest BCUT2D eigenvalue weighted by Crippen LogP contribution is -2.25. The van der Waals surface area contributed by atoms with Crippen LogP contribution in [0, 0.1) is 0 Å². The number of nitrogens with one attached hydrogen (secondary N) is 1. The summed E-state index contributed by atoms with van der Waals surface area (Å²) in [7, 11) is 0. The summed E-state index contributed by atoms with van der Waals surface area (Å²) in [5, 5.41) is 3.18. The van der Waals surface area contributed by atoms with E-state index in [-0.39, 0.29) is 17.9 Å². The molecule has 0 unspecified atom stereocenters. The molecular weight excluding hydrogens is 285 g/mol. The number of ether oxygens (including phenoxy) is 1. The number of rotatable bonds is 7. The van der Waals surface area contributed by atoms with Crippen molar-refractivity contribution in [3.05, 3.63) is 29.3 Å². The van der Waals surface area contributed by atoms with Crippen molar-refractivity contribution in [3.8, 4) is 5.75 Å². The Morgan fingerprint density at radius 1 is 1.38 bits per heavy atom. The van der Waals surface area contributed by atoms with Crippen molar-refractivity contribution in [1.29, 1.82) is 0 Å². The fourth-order valence-corrected chi connectivity index (χ4v) is 1.67. The molecule has 0 fully saturated rings. The molecule has 0 radical (unpaired) electrons. The molecular formula is C14H19F3N2O2. The summed E-state index contributed by atoms with van der Waals surface area (Å²) in [6, 6.07) is 3.05. The lowest BCUT2D eigenvalue weighted by Gasteiger charge is -2.13. The molecule has 0 aliphatic heterocycles. The first kappa shape index (κ1) is 17.3. The van der Waals surface area contributed by atoms with Crippen LogP contribution in [0.4, 0.5) is 13.2 Å². The number of carbonyl (C=O) groups excluding carboxylic acids is 1. The van der Waals surface area contributed by atoms with E-state index in [2.05, 4.69) is 5.32 Å². The maximum Gasteiger partial charge on any atom is 0.416 e. The van der Waals surface area contributed by atoms with Gasteiger partial charge in [0.15, 0.2) is 0 Å². The quantitative estimate of drug-likeness (QED) is 0.761. The molecule has 3 N–H and O–H groups in total. The van der Waals surface area contributed by atoms with Crippen LogP contribution in [0.25, 0.3) is 0 Å². The Balaban J connectivity index is 2.72. The molecule has 1 aromatic carbocycles. The van der Waals surface area contributed by atoms with Gasteiger partial charge in [-0.1, -0.05) is 13.8 Å². The standard InChI is InChI=1S/C14H19F3N2O2/c1-9(2)19-6-3-7-21-12-5-4-10(14(15,16)17)8-11(12)13(18)20/h4-5,8-9,19H,3,6-7H2,1-2H3,(H2,18,20). The minimum Gasteiger partial charge on any atom is -0.493 e. The van der Waals surface area contributed by atoms with Gasteiger partial charge in [-0.2, -0.15) is 13.2 Å². The number of primary amides is 1. The van der Waals surface area contributed by atoms with Crippen LogP contribution in [0.3, 0.4) is 0 Å². The zero-order chi connectivity index (χ0) is 16.0. The summed E-state index contributed by atoms with van der Waals surface area (Å²) in [6.45, 7) is 5.00. The first-order chi connectivity index (χ1) is 9.71. The molecule has 0 atom stereocenters. The van der Waals surface area contributed by atoms with Crippen molar-refractivity contribution < 1.29 is 22.7 Å². The summed E-state index contributed by atoms with van der Waals surface area (Å²) in [5.74, 6) is -0.878. The average molecular weight is 304 g/mol. The molecule has 1 amide bonds. The van der Waals surface area contributed by atoms with E-state index in [4.69, 9.17) is 10.5 Å². The van der Waals surface area contributed by atoms with Crippen LogP contribution in [0.15, 0.2) is 18.2 Å². The fraction of sp³-hybridized carbons (Fsp3) is 0.500. The van der Waals surface area contributed by atoms with E-state index < -0.39 is 17.6 Å². The van der Waals surface area contributed by atoms with E-state index in [9.17, 15) is 18.0 Å². The second kappa shape index (κ2) is 7.31. The summed E-state index contributed by atoms with van der Waals surface area (Å²) < 4.78 is 43.1.